The molecule has 136 valence electrons. The minimum absolute atomic E-state index is 0.283. The number of anilines is 2. The van der Waals surface area contributed by atoms with E-state index in [1.54, 1.807) is 45.0 Å². The molecule has 1 aliphatic rings. The summed E-state index contributed by atoms with van der Waals surface area (Å²) in [6.07, 6.45) is 0. The Morgan fingerprint density at radius 2 is 1.85 bits per heavy atom. The maximum absolute atomic E-state index is 13.4. The Hall–Kier alpha value is -2.41. The zero-order valence-corrected chi connectivity index (χ0v) is 15.4. The molecule has 0 fully saturated rings. The number of hydrogen-bond acceptors (Lipinski definition) is 3. The second-order valence-corrected chi connectivity index (χ2v) is 7.95. The van der Waals surface area contributed by atoms with E-state index in [0.29, 0.717) is 16.3 Å². The SMILES string of the molecule is C[C@H](Sc1ccc(F)c(F)c1)C(=O)N1c2ccccc2NC(=O)C1(C)C. The number of thioether (sulfide) groups is 1. The van der Waals surface area contributed by atoms with Gasteiger partial charge < -0.3 is 5.32 Å². The van der Waals surface area contributed by atoms with E-state index in [9.17, 15) is 18.4 Å². The van der Waals surface area contributed by atoms with Crippen molar-refractivity contribution in [3.05, 3.63) is 54.1 Å². The molecule has 0 saturated carbocycles. The van der Waals surface area contributed by atoms with Crippen LogP contribution in [-0.2, 0) is 9.59 Å². The molecular weight excluding hydrogens is 358 g/mol. The number of para-hydroxylation sites is 2. The number of hydrogen-bond donors (Lipinski definition) is 1. The summed E-state index contributed by atoms with van der Waals surface area (Å²) in [6, 6.07) is 10.6. The normalized spacial score (nSPS) is 16.7. The van der Waals surface area contributed by atoms with Gasteiger partial charge in [-0.1, -0.05) is 12.1 Å². The third-order valence-corrected chi connectivity index (χ3v) is 5.36. The maximum atomic E-state index is 13.4. The van der Waals surface area contributed by atoms with Gasteiger partial charge in [-0.3, -0.25) is 14.5 Å². The first kappa shape index (κ1) is 18.4. The quantitative estimate of drug-likeness (QED) is 0.817. The van der Waals surface area contributed by atoms with Gasteiger partial charge in [-0.25, -0.2) is 8.78 Å². The van der Waals surface area contributed by atoms with E-state index < -0.39 is 22.4 Å². The van der Waals surface area contributed by atoms with Crippen LogP contribution in [-0.4, -0.2) is 22.6 Å². The van der Waals surface area contributed by atoms with E-state index in [4.69, 9.17) is 0 Å². The molecule has 1 N–H and O–H groups in total. The number of amides is 2. The molecule has 0 aromatic heterocycles. The summed E-state index contributed by atoms with van der Waals surface area (Å²) in [5, 5.41) is 2.21. The van der Waals surface area contributed by atoms with Crippen molar-refractivity contribution >= 4 is 35.0 Å². The molecule has 4 nitrogen and oxygen atoms in total. The van der Waals surface area contributed by atoms with E-state index in [2.05, 4.69) is 5.32 Å². The van der Waals surface area contributed by atoms with Crippen LogP contribution in [0.15, 0.2) is 47.4 Å². The minimum atomic E-state index is -1.08. The topological polar surface area (TPSA) is 49.4 Å². The first-order valence-corrected chi connectivity index (χ1v) is 8.96. The molecule has 0 spiro atoms. The molecule has 0 radical (unpaired) electrons. The summed E-state index contributed by atoms with van der Waals surface area (Å²) >= 11 is 1.12. The Morgan fingerprint density at radius 3 is 2.54 bits per heavy atom. The molecule has 7 heteroatoms. The number of nitrogens with one attached hydrogen (secondary N) is 1. The number of benzene rings is 2. The van der Waals surface area contributed by atoms with Crippen LogP contribution >= 0.6 is 11.8 Å². The molecular formula is C19H18F2N2O2S. The summed E-state index contributed by atoms with van der Waals surface area (Å²) in [4.78, 5) is 27.5. The monoisotopic (exact) mass is 376 g/mol. The molecule has 1 heterocycles. The molecule has 2 amide bonds. The van der Waals surface area contributed by atoms with Gasteiger partial charge in [0.2, 0.25) is 11.8 Å². The van der Waals surface area contributed by atoms with Crippen molar-refractivity contribution in [3.8, 4) is 0 Å². The fourth-order valence-electron chi connectivity index (χ4n) is 2.83. The van der Waals surface area contributed by atoms with Gasteiger partial charge in [0.15, 0.2) is 11.6 Å². The van der Waals surface area contributed by atoms with Gasteiger partial charge in [-0.05, 0) is 51.1 Å². The second-order valence-electron chi connectivity index (χ2n) is 6.54. The zero-order valence-electron chi connectivity index (χ0n) is 14.5. The highest BCUT2D eigenvalue weighted by molar-refractivity contribution is 8.00. The smallest absolute Gasteiger partial charge is 0.250 e. The highest BCUT2D eigenvalue weighted by Crippen LogP contribution is 2.38. The Kier molecular flexibility index (Phi) is 4.75. The standard InChI is InChI=1S/C19H18F2N2O2S/c1-11(26-12-8-9-13(20)14(21)10-12)17(24)23-16-7-5-4-6-15(16)22-18(25)19(23,2)3/h4-11H,1-3H3,(H,22,25)/t11-/m0/s1. The summed E-state index contributed by atoms with van der Waals surface area (Å²) < 4.78 is 26.5. The van der Waals surface area contributed by atoms with Crippen molar-refractivity contribution in [2.45, 2.75) is 36.5 Å². The summed E-state index contributed by atoms with van der Waals surface area (Å²) in [7, 11) is 0. The molecule has 1 atom stereocenters. The van der Waals surface area contributed by atoms with Crippen molar-refractivity contribution in [1.82, 2.24) is 0 Å². The third kappa shape index (κ3) is 3.19. The lowest BCUT2D eigenvalue weighted by Crippen LogP contribution is -2.60. The lowest BCUT2D eigenvalue weighted by Gasteiger charge is -2.43. The number of fused-ring (bicyclic) bond motifs is 1. The van der Waals surface area contributed by atoms with E-state index in [-0.39, 0.29) is 11.8 Å². The molecule has 2 aromatic rings. The van der Waals surface area contributed by atoms with E-state index in [0.717, 1.165) is 23.9 Å². The van der Waals surface area contributed by atoms with Gasteiger partial charge in [-0.2, -0.15) is 0 Å². The summed E-state index contributed by atoms with van der Waals surface area (Å²) in [5.74, 6) is -2.46. The first-order valence-electron chi connectivity index (χ1n) is 8.08. The minimum Gasteiger partial charge on any atom is -0.322 e. The van der Waals surface area contributed by atoms with Crippen molar-refractivity contribution in [1.29, 1.82) is 0 Å². The van der Waals surface area contributed by atoms with Crippen molar-refractivity contribution in [2.75, 3.05) is 10.2 Å². The predicted molar refractivity (Wildman–Crippen MR) is 98.3 cm³/mol. The van der Waals surface area contributed by atoms with Crippen LogP contribution in [0.3, 0.4) is 0 Å². The average Bonchev–Trinajstić information content (AvgIpc) is 2.58. The Labute approximate surface area is 154 Å². The molecule has 0 aliphatic carbocycles. The van der Waals surface area contributed by atoms with Crippen LogP contribution < -0.4 is 10.2 Å². The van der Waals surface area contributed by atoms with E-state index in [1.807, 2.05) is 0 Å². The Balaban J connectivity index is 1.91. The fourth-order valence-corrected chi connectivity index (χ4v) is 3.77. The van der Waals surface area contributed by atoms with Gasteiger partial charge in [0.05, 0.1) is 16.6 Å². The lowest BCUT2D eigenvalue weighted by atomic mass is 9.96. The number of carbonyl (C=O) groups is 2. The zero-order chi connectivity index (χ0) is 19.1. The van der Waals surface area contributed by atoms with Gasteiger partial charge in [0.25, 0.3) is 0 Å². The second kappa shape index (κ2) is 6.72. The fraction of sp³-hybridized carbons (Fsp3) is 0.263. The lowest BCUT2D eigenvalue weighted by molar-refractivity contribution is -0.126. The highest BCUT2D eigenvalue weighted by Gasteiger charge is 2.44. The maximum Gasteiger partial charge on any atom is 0.250 e. The van der Waals surface area contributed by atoms with Crippen molar-refractivity contribution in [2.24, 2.45) is 0 Å². The van der Waals surface area contributed by atoms with Gasteiger partial charge >= 0.3 is 0 Å². The van der Waals surface area contributed by atoms with Crippen molar-refractivity contribution < 1.29 is 18.4 Å². The van der Waals surface area contributed by atoms with Gasteiger partial charge in [-0.15, -0.1) is 11.8 Å². The molecule has 2 aromatic carbocycles. The van der Waals surface area contributed by atoms with Crippen LogP contribution in [0.2, 0.25) is 0 Å². The van der Waals surface area contributed by atoms with Crippen LogP contribution in [0.4, 0.5) is 20.2 Å². The number of carbonyl (C=O) groups excluding carboxylic acids is 2. The summed E-state index contributed by atoms with van der Waals surface area (Å²) in [5.41, 5.74) is 0.101. The van der Waals surface area contributed by atoms with Crippen molar-refractivity contribution in [3.63, 3.8) is 0 Å². The first-order chi connectivity index (χ1) is 12.2. The Morgan fingerprint density at radius 1 is 1.15 bits per heavy atom. The predicted octanol–water partition coefficient (Wildman–Crippen LogP) is 4.21. The molecule has 26 heavy (non-hydrogen) atoms. The number of halogens is 2. The number of nitrogens with zero attached hydrogens (tertiary/aromatic N) is 1. The van der Waals surface area contributed by atoms with Crippen LogP contribution in [0.1, 0.15) is 20.8 Å². The molecule has 1 aliphatic heterocycles. The average molecular weight is 376 g/mol. The summed E-state index contributed by atoms with van der Waals surface area (Å²) in [6.45, 7) is 5.02. The molecule has 3 rings (SSSR count). The molecule has 0 unspecified atom stereocenters. The molecule has 0 saturated heterocycles. The number of rotatable bonds is 3. The van der Waals surface area contributed by atoms with Gasteiger partial charge in [0, 0.05) is 4.90 Å². The van der Waals surface area contributed by atoms with Gasteiger partial charge in [0.1, 0.15) is 5.54 Å². The van der Waals surface area contributed by atoms with E-state index in [1.165, 1.54) is 11.0 Å². The third-order valence-electron chi connectivity index (χ3n) is 4.28. The molecule has 0 bridgehead atoms. The largest absolute Gasteiger partial charge is 0.322 e. The van der Waals surface area contributed by atoms with E-state index >= 15 is 0 Å². The highest BCUT2D eigenvalue weighted by atomic mass is 32.2. The van der Waals surface area contributed by atoms with Crippen LogP contribution in [0.25, 0.3) is 0 Å². The van der Waals surface area contributed by atoms with Crippen LogP contribution in [0.5, 0.6) is 0 Å². The van der Waals surface area contributed by atoms with Crippen LogP contribution in [0, 0.1) is 11.6 Å². The Bertz CT molecular complexity index is 886.